The first-order valence-electron chi connectivity index (χ1n) is 8.58. The van der Waals surface area contributed by atoms with Crippen molar-refractivity contribution in [3.8, 4) is 11.5 Å². The minimum absolute atomic E-state index is 0.0410. The van der Waals surface area contributed by atoms with Crippen LogP contribution in [0, 0.1) is 0 Å². The molecule has 1 saturated carbocycles. The van der Waals surface area contributed by atoms with Crippen molar-refractivity contribution < 1.29 is 14.3 Å². The summed E-state index contributed by atoms with van der Waals surface area (Å²) < 4.78 is 12.5. The molecule has 0 unspecified atom stereocenters. The number of benzene rings is 1. The minimum Gasteiger partial charge on any atom is -0.493 e. The Kier molecular flexibility index (Phi) is 5.70. The van der Waals surface area contributed by atoms with E-state index in [0.29, 0.717) is 24.0 Å². The predicted octanol–water partition coefficient (Wildman–Crippen LogP) is 2.51. The highest BCUT2D eigenvalue weighted by atomic mass is 32.2. The maximum Gasteiger partial charge on any atom is 0.233 e. The molecule has 1 aromatic carbocycles. The van der Waals surface area contributed by atoms with Crippen molar-refractivity contribution >= 4 is 17.7 Å². The highest BCUT2D eigenvalue weighted by molar-refractivity contribution is 8.00. The van der Waals surface area contributed by atoms with Crippen LogP contribution in [0.4, 0.5) is 0 Å². The van der Waals surface area contributed by atoms with Gasteiger partial charge in [-0.15, -0.1) is 10.2 Å². The standard InChI is InChI=1S/C18H24N4O3S/c1-11(26-18-21-20-16(22(18)2)13-6-7-13)17(23)19-10-12-5-8-14(24-3)15(9-12)25-4/h5,8-9,11,13H,6-7,10H2,1-4H3,(H,19,23)/t11-/m1/s1. The quantitative estimate of drug-likeness (QED) is 0.713. The van der Waals surface area contributed by atoms with Crippen LogP contribution in [0.1, 0.15) is 37.1 Å². The number of nitrogens with zero attached hydrogens (tertiary/aromatic N) is 3. The zero-order valence-corrected chi connectivity index (χ0v) is 16.3. The van der Waals surface area contributed by atoms with Crippen molar-refractivity contribution in [2.45, 2.75) is 42.6 Å². The summed E-state index contributed by atoms with van der Waals surface area (Å²) in [5, 5.41) is 12.0. The van der Waals surface area contributed by atoms with Gasteiger partial charge >= 0.3 is 0 Å². The molecule has 140 valence electrons. The molecule has 0 saturated heterocycles. The van der Waals surface area contributed by atoms with Gasteiger partial charge in [-0.25, -0.2) is 0 Å². The van der Waals surface area contributed by atoms with Crippen molar-refractivity contribution in [2.24, 2.45) is 7.05 Å². The highest BCUT2D eigenvalue weighted by Gasteiger charge is 2.30. The van der Waals surface area contributed by atoms with Gasteiger partial charge in [0.25, 0.3) is 0 Å². The Morgan fingerprint density at radius 2 is 2.04 bits per heavy atom. The second-order valence-corrected chi connectivity index (χ2v) is 7.65. The third-order valence-corrected chi connectivity index (χ3v) is 5.51. The SMILES string of the molecule is COc1ccc(CNC(=O)[C@@H](C)Sc2nnc(C3CC3)n2C)cc1OC. The lowest BCUT2D eigenvalue weighted by molar-refractivity contribution is -0.120. The van der Waals surface area contributed by atoms with E-state index in [4.69, 9.17) is 9.47 Å². The van der Waals surface area contributed by atoms with E-state index in [-0.39, 0.29) is 11.2 Å². The summed E-state index contributed by atoms with van der Waals surface area (Å²) in [5.41, 5.74) is 0.947. The normalized spacial score (nSPS) is 14.8. The zero-order valence-electron chi connectivity index (χ0n) is 15.5. The van der Waals surface area contributed by atoms with E-state index in [1.165, 1.54) is 24.6 Å². The van der Waals surface area contributed by atoms with Crippen LogP contribution in [0.2, 0.25) is 0 Å². The third kappa shape index (κ3) is 4.12. The Morgan fingerprint density at radius 3 is 2.69 bits per heavy atom. The molecule has 1 heterocycles. The largest absolute Gasteiger partial charge is 0.493 e. The fourth-order valence-corrected chi connectivity index (χ4v) is 3.51. The second-order valence-electron chi connectivity index (χ2n) is 6.34. The van der Waals surface area contributed by atoms with Gasteiger partial charge in [-0.1, -0.05) is 17.8 Å². The molecule has 1 aromatic heterocycles. The molecule has 1 N–H and O–H groups in total. The molecule has 26 heavy (non-hydrogen) atoms. The summed E-state index contributed by atoms with van der Waals surface area (Å²) in [4.78, 5) is 12.4. The van der Waals surface area contributed by atoms with Gasteiger partial charge in [0, 0.05) is 19.5 Å². The number of aromatic nitrogens is 3. The number of hydrogen-bond acceptors (Lipinski definition) is 6. The van der Waals surface area contributed by atoms with Gasteiger partial charge in [-0.3, -0.25) is 4.79 Å². The molecule has 0 bridgehead atoms. The van der Waals surface area contributed by atoms with E-state index in [0.717, 1.165) is 16.5 Å². The number of amides is 1. The van der Waals surface area contributed by atoms with Crippen LogP contribution in [0.5, 0.6) is 11.5 Å². The summed E-state index contributed by atoms with van der Waals surface area (Å²) in [6.45, 7) is 2.30. The average molecular weight is 376 g/mol. The number of methoxy groups -OCH3 is 2. The van der Waals surface area contributed by atoms with Crippen molar-refractivity contribution in [3.63, 3.8) is 0 Å². The number of thioether (sulfide) groups is 1. The van der Waals surface area contributed by atoms with Crippen LogP contribution < -0.4 is 14.8 Å². The smallest absolute Gasteiger partial charge is 0.233 e. The maximum absolute atomic E-state index is 12.4. The molecule has 1 atom stereocenters. The van der Waals surface area contributed by atoms with Crippen LogP contribution in [-0.4, -0.2) is 40.1 Å². The van der Waals surface area contributed by atoms with Crippen molar-refractivity contribution in [1.29, 1.82) is 0 Å². The molecule has 2 aromatic rings. The Morgan fingerprint density at radius 1 is 1.31 bits per heavy atom. The van der Waals surface area contributed by atoms with Gasteiger partial charge in [0.1, 0.15) is 5.82 Å². The summed E-state index contributed by atoms with van der Waals surface area (Å²) in [7, 11) is 5.15. The fourth-order valence-electron chi connectivity index (χ4n) is 2.66. The summed E-state index contributed by atoms with van der Waals surface area (Å²) in [6.07, 6.45) is 2.36. The Hall–Kier alpha value is -2.22. The minimum atomic E-state index is -0.259. The van der Waals surface area contributed by atoms with Gasteiger partial charge in [0.15, 0.2) is 16.7 Å². The molecule has 0 radical (unpaired) electrons. The van der Waals surface area contributed by atoms with E-state index in [2.05, 4.69) is 15.5 Å². The Bertz CT molecular complexity index is 789. The summed E-state index contributed by atoms with van der Waals surface area (Å²) in [6, 6.07) is 5.60. The molecule has 0 aliphatic heterocycles. The second kappa shape index (κ2) is 7.99. The number of rotatable bonds is 8. The first-order chi connectivity index (χ1) is 12.5. The topological polar surface area (TPSA) is 78.3 Å². The molecule has 0 spiro atoms. The molecule has 7 nitrogen and oxygen atoms in total. The van der Waals surface area contributed by atoms with E-state index >= 15 is 0 Å². The van der Waals surface area contributed by atoms with Crippen LogP contribution >= 0.6 is 11.8 Å². The van der Waals surface area contributed by atoms with Gasteiger partial charge < -0.3 is 19.4 Å². The van der Waals surface area contributed by atoms with E-state index in [1.54, 1.807) is 14.2 Å². The third-order valence-electron chi connectivity index (χ3n) is 4.38. The average Bonchev–Trinajstić information content (AvgIpc) is 3.44. The molecular weight excluding hydrogens is 352 g/mol. The number of ether oxygens (including phenoxy) is 2. The van der Waals surface area contributed by atoms with Crippen LogP contribution in [-0.2, 0) is 18.4 Å². The first kappa shape index (κ1) is 18.6. The van der Waals surface area contributed by atoms with Crippen LogP contribution in [0.25, 0.3) is 0 Å². The molecule has 3 rings (SSSR count). The van der Waals surface area contributed by atoms with E-state index in [9.17, 15) is 4.79 Å². The lowest BCUT2D eigenvalue weighted by Crippen LogP contribution is -2.30. The summed E-state index contributed by atoms with van der Waals surface area (Å²) in [5.74, 6) is 2.83. The number of carbonyl (C=O) groups is 1. The van der Waals surface area contributed by atoms with E-state index in [1.807, 2.05) is 36.7 Å². The monoisotopic (exact) mass is 376 g/mol. The number of carbonyl (C=O) groups excluding carboxylic acids is 1. The molecule has 8 heteroatoms. The fraction of sp³-hybridized carbons (Fsp3) is 0.500. The van der Waals surface area contributed by atoms with Gasteiger partial charge in [-0.2, -0.15) is 0 Å². The van der Waals surface area contributed by atoms with Crippen LogP contribution in [0.15, 0.2) is 23.4 Å². The van der Waals surface area contributed by atoms with Crippen molar-refractivity contribution in [3.05, 3.63) is 29.6 Å². The maximum atomic E-state index is 12.4. The molecule has 1 fully saturated rings. The number of hydrogen-bond donors (Lipinski definition) is 1. The van der Waals surface area contributed by atoms with Gasteiger partial charge in [0.05, 0.1) is 19.5 Å². The van der Waals surface area contributed by atoms with Crippen molar-refractivity contribution in [1.82, 2.24) is 20.1 Å². The van der Waals surface area contributed by atoms with Crippen molar-refractivity contribution in [2.75, 3.05) is 14.2 Å². The lowest BCUT2D eigenvalue weighted by atomic mass is 10.2. The molecule has 1 aliphatic rings. The highest BCUT2D eigenvalue weighted by Crippen LogP contribution is 2.39. The van der Waals surface area contributed by atoms with Crippen LogP contribution in [0.3, 0.4) is 0 Å². The zero-order chi connectivity index (χ0) is 18.7. The summed E-state index contributed by atoms with van der Waals surface area (Å²) >= 11 is 1.43. The Balaban J connectivity index is 1.56. The predicted molar refractivity (Wildman–Crippen MR) is 99.7 cm³/mol. The molecule has 1 aliphatic carbocycles. The van der Waals surface area contributed by atoms with Gasteiger partial charge in [-0.05, 0) is 37.5 Å². The Labute approximate surface area is 157 Å². The van der Waals surface area contributed by atoms with E-state index < -0.39 is 0 Å². The number of nitrogens with one attached hydrogen (secondary N) is 1. The lowest BCUT2D eigenvalue weighted by Gasteiger charge is -2.13. The first-order valence-corrected chi connectivity index (χ1v) is 9.46. The molecular formula is C18H24N4O3S. The van der Waals surface area contributed by atoms with Gasteiger partial charge in [0.2, 0.25) is 5.91 Å². The molecule has 1 amide bonds.